The second-order valence-electron chi connectivity index (χ2n) is 1.96. The number of nitrogens with one attached hydrogen (secondary N) is 1. The Morgan fingerprint density at radius 3 is 2.40 bits per heavy atom. The molecule has 4 heteroatoms. The molecular formula is C6H12N2O2. The summed E-state index contributed by atoms with van der Waals surface area (Å²) in [7, 11) is 3.25. The minimum atomic E-state index is -0.576. The first-order chi connectivity index (χ1) is 4.59. The Morgan fingerprint density at radius 2 is 2.10 bits per heavy atom. The van der Waals surface area contributed by atoms with E-state index in [0.717, 1.165) is 0 Å². The Balaban J connectivity index is 3.83. The minimum Gasteiger partial charge on any atom is -0.460 e. The third-order valence-corrected chi connectivity index (χ3v) is 0.916. The van der Waals surface area contributed by atoms with Crippen molar-refractivity contribution in [2.45, 2.75) is 6.92 Å². The van der Waals surface area contributed by atoms with E-state index in [1.54, 1.807) is 21.0 Å². The summed E-state index contributed by atoms with van der Waals surface area (Å²) in [5, 5.41) is 7.10. The molecule has 0 aliphatic heterocycles. The monoisotopic (exact) mass is 144 g/mol. The lowest BCUT2D eigenvalue weighted by Gasteiger charge is -2.10. The van der Waals surface area contributed by atoms with Crippen LogP contribution in [0.15, 0.2) is 0 Å². The Kier molecular flexibility index (Phi) is 3.46. The van der Waals surface area contributed by atoms with Crippen molar-refractivity contribution in [1.29, 1.82) is 5.41 Å². The molecule has 0 unspecified atom stereocenters. The van der Waals surface area contributed by atoms with Gasteiger partial charge in [-0.1, -0.05) is 0 Å². The Bertz CT molecular complexity index is 143. The summed E-state index contributed by atoms with van der Waals surface area (Å²) in [5.41, 5.74) is 0. The normalized spacial score (nSPS) is 8.70. The maximum Gasteiger partial charge on any atom is 0.373 e. The lowest BCUT2D eigenvalue weighted by atomic mass is 10.5. The van der Waals surface area contributed by atoms with Crippen molar-refractivity contribution in [3.63, 3.8) is 0 Å². The van der Waals surface area contributed by atoms with E-state index in [0.29, 0.717) is 6.61 Å². The Morgan fingerprint density at radius 1 is 1.60 bits per heavy atom. The van der Waals surface area contributed by atoms with Crippen LogP contribution in [0, 0.1) is 5.41 Å². The molecule has 4 nitrogen and oxygen atoms in total. The van der Waals surface area contributed by atoms with Gasteiger partial charge in [-0.15, -0.1) is 0 Å². The van der Waals surface area contributed by atoms with Gasteiger partial charge in [0.05, 0.1) is 6.61 Å². The van der Waals surface area contributed by atoms with Gasteiger partial charge in [0.15, 0.2) is 0 Å². The summed E-state index contributed by atoms with van der Waals surface area (Å²) in [6, 6.07) is 0. The lowest BCUT2D eigenvalue weighted by Crippen LogP contribution is -2.30. The molecule has 58 valence electrons. The molecule has 0 heterocycles. The van der Waals surface area contributed by atoms with Gasteiger partial charge in [0, 0.05) is 14.1 Å². The van der Waals surface area contributed by atoms with Crippen molar-refractivity contribution in [2.75, 3.05) is 20.7 Å². The molecule has 0 atom stereocenters. The SMILES string of the molecule is CCOC(=O)C(=N)N(C)C. The molecule has 10 heavy (non-hydrogen) atoms. The molecule has 0 aliphatic rings. The fourth-order valence-electron chi connectivity index (χ4n) is 0.382. The fourth-order valence-corrected chi connectivity index (χ4v) is 0.382. The molecule has 0 saturated carbocycles. The van der Waals surface area contributed by atoms with Crippen LogP contribution in [0.25, 0.3) is 0 Å². The zero-order valence-corrected chi connectivity index (χ0v) is 6.47. The molecular weight excluding hydrogens is 132 g/mol. The van der Waals surface area contributed by atoms with Gasteiger partial charge in [-0.25, -0.2) is 4.79 Å². The van der Waals surface area contributed by atoms with Crippen LogP contribution >= 0.6 is 0 Å². The number of hydrogen-bond acceptors (Lipinski definition) is 3. The van der Waals surface area contributed by atoms with E-state index in [2.05, 4.69) is 4.74 Å². The van der Waals surface area contributed by atoms with E-state index >= 15 is 0 Å². The number of nitrogens with zero attached hydrogens (tertiary/aromatic N) is 1. The van der Waals surface area contributed by atoms with Crippen LogP contribution in [0.2, 0.25) is 0 Å². The Hall–Kier alpha value is -1.06. The number of rotatable bonds is 1. The van der Waals surface area contributed by atoms with Gasteiger partial charge < -0.3 is 9.64 Å². The van der Waals surface area contributed by atoms with Crippen LogP contribution in [-0.2, 0) is 9.53 Å². The highest BCUT2D eigenvalue weighted by Gasteiger charge is 2.10. The largest absolute Gasteiger partial charge is 0.460 e. The van der Waals surface area contributed by atoms with E-state index in [-0.39, 0.29) is 5.84 Å². The predicted octanol–water partition coefficient (Wildman–Crippen LogP) is 0.0884. The Labute approximate surface area is 60.3 Å². The quantitative estimate of drug-likeness (QED) is 0.322. The average molecular weight is 144 g/mol. The fraction of sp³-hybridized carbons (Fsp3) is 0.667. The van der Waals surface area contributed by atoms with Gasteiger partial charge in [-0.05, 0) is 6.92 Å². The molecule has 0 spiro atoms. The van der Waals surface area contributed by atoms with Crippen LogP contribution < -0.4 is 0 Å². The summed E-state index contributed by atoms with van der Waals surface area (Å²) < 4.78 is 4.56. The number of likely N-dealkylation sites (N-methyl/N-ethyl adjacent to an activating group) is 1. The number of hydrogen-bond donors (Lipinski definition) is 1. The number of carbonyl (C=O) groups excluding carboxylic acids is 1. The molecule has 0 aromatic carbocycles. The highest BCUT2D eigenvalue weighted by atomic mass is 16.5. The van der Waals surface area contributed by atoms with E-state index in [1.807, 2.05) is 0 Å². The van der Waals surface area contributed by atoms with Crippen LogP contribution in [0.4, 0.5) is 0 Å². The van der Waals surface area contributed by atoms with E-state index in [4.69, 9.17) is 5.41 Å². The number of carbonyl (C=O) groups is 1. The molecule has 0 amide bonds. The van der Waals surface area contributed by atoms with Gasteiger partial charge >= 0.3 is 5.97 Å². The highest BCUT2D eigenvalue weighted by molar-refractivity contribution is 6.33. The first-order valence-corrected chi connectivity index (χ1v) is 3.02. The summed E-state index contributed by atoms with van der Waals surface area (Å²) in [4.78, 5) is 12.1. The van der Waals surface area contributed by atoms with Crippen LogP contribution in [0.1, 0.15) is 6.92 Å². The van der Waals surface area contributed by atoms with E-state index in [9.17, 15) is 4.79 Å². The van der Waals surface area contributed by atoms with Gasteiger partial charge in [0.25, 0.3) is 0 Å². The van der Waals surface area contributed by atoms with Crippen molar-refractivity contribution in [3.05, 3.63) is 0 Å². The van der Waals surface area contributed by atoms with Crippen LogP contribution in [0.5, 0.6) is 0 Å². The van der Waals surface area contributed by atoms with E-state index < -0.39 is 5.97 Å². The summed E-state index contributed by atoms with van der Waals surface area (Å²) in [5.74, 6) is -0.700. The zero-order chi connectivity index (χ0) is 8.15. The molecule has 0 bridgehead atoms. The van der Waals surface area contributed by atoms with Gasteiger partial charge in [-0.2, -0.15) is 0 Å². The standard InChI is InChI=1S/C6H12N2O2/c1-4-10-6(9)5(7)8(2)3/h7H,4H2,1-3H3. The first kappa shape index (κ1) is 8.94. The van der Waals surface area contributed by atoms with E-state index in [1.165, 1.54) is 4.90 Å². The van der Waals surface area contributed by atoms with Gasteiger partial charge in [0.1, 0.15) is 0 Å². The summed E-state index contributed by atoms with van der Waals surface area (Å²) >= 11 is 0. The maximum atomic E-state index is 10.7. The number of esters is 1. The lowest BCUT2D eigenvalue weighted by molar-refractivity contribution is -0.135. The highest BCUT2D eigenvalue weighted by Crippen LogP contribution is 1.84. The van der Waals surface area contributed by atoms with Gasteiger partial charge in [0.2, 0.25) is 5.84 Å². The summed E-state index contributed by atoms with van der Waals surface area (Å²) in [6.07, 6.45) is 0. The smallest absolute Gasteiger partial charge is 0.373 e. The van der Waals surface area contributed by atoms with Gasteiger partial charge in [-0.3, -0.25) is 5.41 Å². The summed E-state index contributed by atoms with van der Waals surface area (Å²) in [6.45, 7) is 2.02. The second-order valence-corrected chi connectivity index (χ2v) is 1.96. The topological polar surface area (TPSA) is 53.4 Å². The molecule has 0 radical (unpaired) electrons. The van der Waals surface area contributed by atoms with Crippen molar-refractivity contribution in [3.8, 4) is 0 Å². The average Bonchev–Trinajstić information content (AvgIpc) is 1.87. The molecule has 0 aromatic heterocycles. The minimum absolute atomic E-state index is 0.123. The number of amidine groups is 1. The molecule has 0 fully saturated rings. The van der Waals surface area contributed by atoms with Crippen molar-refractivity contribution >= 4 is 11.8 Å². The maximum absolute atomic E-state index is 10.7. The predicted molar refractivity (Wildman–Crippen MR) is 38.0 cm³/mol. The first-order valence-electron chi connectivity index (χ1n) is 3.02. The third kappa shape index (κ3) is 2.48. The molecule has 0 rings (SSSR count). The molecule has 0 aromatic rings. The van der Waals surface area contributed by atoms with Crippen molar-refractivity contribution in [2.24, 2.45) is 0 Å². The molecule has 1 N–H and O–H groups in total. The third-order valence-electron chi connectivity index (χ3n) is 0.916. The molecule has 0 saturated heterocycles. The van der Waals surface area contributed by atoms with Crippen LogP contribution in [0.3, 0.4) is 0 Å². The number of ether oxygens (including phenoxy) is 1. The van der Waals surface area contributed by atoms with Crippen molar-refractivity contribution < 1.29 is 9.53 Å². The zero-order valence-electron chi connectivity index (χ0n) is 6.47. The van der Waals surface area contributed by atoms with Crippen molar-refractivity contribution in [1.82, 2.24) is 4.90 Å². The molecule has 0 aliphatic carbocycles. The van der Waals surface area contributed by atoms with Crippen LogP contribution in [-0.4, -0.2) is 37.4 Å². The second kappa shape index (κ2) is 3.87.